The van der Waals surface area contributed by atoms with E-state index in [1.165, 1.54) is 21.6 Å². The van der Waals surface area contributed by atoms with Crippen molar-refractivity contribution in [1.29, 1.82) is 0 Å². The SMILES string of the molecule is O=C(Nc1cccc(Cl)c1)OCn1sccc1=O. The second-order valence-electron chi connectivity index (χ2n) is 3.32. The number of anilines is 1. The average molecular weight is 285 g/mol. The zero-order valence-electron chi connectivity index (χ0n) is 9.13. The lowest BCUT2D eigenvalue weighted by atomic mass is 10.3. The Morgan fingerprint density at radius 1 is 1.44 bits per heavy atom. The molecule has 0 aliphatic heterocycles. The van der Waals surface area contributed by atoms with Crippen LogP contribution in [0.5, 0.6) is 0 Å². The van der Waals surface area contributed by atoms with Crippen molar-refractivity contribution in [1.82, 2.24) is 3.96 Å². The number of amides is 1. The first-order valence-electron chi connectivity index (χ1n) is 4.99. The number of nitrogens with one attached hydrogen (secondary N) is 1. The van der Waals surface area contributed by atoms with Crippen LogP contribution >= 0.6 is 23.1 Å². The maximum Gasteiger partial charge on any atom is 0.413 e. The molecule has 1 N–H and O–H groups in total. The molecule has 7 heteroatoms. The van der Waals surface area contributed by atoms with E-state index < -0.39 is 6.09 Å². The topological polar surface area (TPSA) is 60.3 Å². The lowest BCUT2D eigenvalue weighted by Crippen LogP contribution is -2.20. The highest BCUT2D eigenvalue weighted by atomic mass is 35.5. The van der Waals surface area contributed by atoms with E-state index in [1.807, 2.05) is 0 Å². The molecule has 0 unspecified atom stereocenters. The Morgan fingerprint density at radius 3 is 2.94 bits per heavy atom. The molecule has 0 fully saturated rings. The van der Waals surface area contributed by atoms with Crippen molar-refractivity contribution < 1.29 is 9.53 Å². The predicted octanol–water partition coefficient (Wildman–Crippen LogP) is 2.77. The zero-order chi connectivity index (χ0) is 13.0. The highest BCUT2D eigenvalue weighted by Gasteiger charge is 2.05. The number of hydrogen-bond acceptors (Lipinski definition) is 4. The first-order chi connectivity index (χ1) is 8.65. The number of rotatable bonds is 3. The number of carbonyl (C=O) groups is 1. The molecule has 0 radical (unpaired) electrons. The minimum Gasteiger partial charge on any atom is -0.427 e. The summed E-state index contributed by atoms with van der Waals surface area (Å²) >= 11 is 6.95. The first-order valence-corrected chi connectivity index (χ1v) is 6.21. The molecule has 0 spiro atoms. The maximum atomic E-state index is 11.4. The summed E-state index contributed by atoms with van der Waals surface area (Å²) in [5, 5.41) is 4.65. The summed E-state index contributed by atoms with van der Waals surface area (Å²) in [7, 11) is 0. The van der Waals surface area contributed by atoms with Gasteiger partial charge in [-0.25, -0.2) is 8.75 Å². The molecule has 0 atom stereocenters. The summed E-state index contributed by atoms with van der Waals surface area (Å²) in [4.78, 5) is 22.6. The molecule has 94 valence electrons. The van der Waals surface area contributed by atoms with E-state index >= 15 is 0 Å². The van der Waals surface area contributed by atoms with Crippen LogP contribution in [0.2, 0.25) is 5.02 Å². The van der Waals surface area contributed by atoms with Crippen molar-refractivity contribution in [3.05, 3.63) is 51.1 Å². The Morgan fingerprint density at radius 2 is 2.28 bits per heavy atom. The van der Waals surface area contributed by atoms with E-state index in [4.69, 9.17) is 16.3 Å². The molecule has 0 saturated heterocycles. The van der Waals surface area contributed by atoms with Crippen LogP contribution in [0.25, 0.3) is 0 Å². The van der Waals surface area contributed by atoms with Crippen molar-refractivity contribution in [3.8, 4) is 0 Å². The quantitative estimate of drug-likeness (QED) is 0.943. The van der Waals surface area contributed by atoms with Crippen LogP contribution in [0.3, 0.4) is 0 Å². The van der Waals surface area contributed by atoms with Gasteiger partial charge in [0.1, 0.15) is 0 Å². The predicted molar refractivity (Wildman–Crippen MR) is 70.1 cm³/mol. The Hall–Kier alpha value is -1.79. The Bertz CT molecular complexity index is 608. The fourth-order valence-electron chi connectivity index (χ4n) is 1.23. The van der Waals surface area contributed by atoms with Gasteiger partial charge in [0.2, 0.25) is 0 Å². The molecular weight excluding hydrogens is 276 g/mol. The summed E-state index contributed by atoms with van der Waals surface area (Å²) in [6, 6.07) is 8.10. The van der Waals surface area contributed by atoms with Gasteiger partial charge in [-0.05, 0) is 18.2 Å². The second-order valence-corrected chi connectivity index (χ2v) is 4.68. The molecule has 1 aromatic carbocycles. The van der Waals surface area contributed by atoms with Crippen LogP contribution < -0.4 is 10.9 Å². The van der Waals surface area contributed by atoms with Crippen LogP contribution in [-0.2, 0) is 11.5 Å². The summed E-state index contributed by atoms with van der Waals surface area (Å²) in [5.41, 5.74) is 0.335. The van der Waals surface area contributed by atoms with Gasteiger partial charge in [-0.2, -0.15) is 0 Å². The number of halogens is 1. The van der Waals surface area contributed by atoms with Gasteiger partial charge in [0.05, 0.1) is 0 Å². The standard InChI is InChI=1S/C11H9ClN2O3S/c12-8-2-1-3-9(6-8)13-11(16)17-7-14-10(15)4-5-18-14/h1-6H,7H2,(H,13,16). The molecule has 0 aliphatic rings. The molecule has 2 rings (SSSR count). The Balaban J connectivity index is 1.90. The summed E-state index contributed by atoms with van der Waals surface area (Å²) in [6.07, 6.45) is -0.641. The summed E-state index contributed by atoms with van der Waals surface area (Å²) in [5.74, 6) is 0. The first kappa shape index (κ1) is 12.7. The molecule has 0 bridgehead atoms. The number of benzene rings is 1. The van der Waals surface area contributed by atoms with Gasteiger partial charge >= 0.3 is 6.09 Å². The lowest BCUT2D eigenvalue weighted by Gasteiger charge is -2.06. The monoisotopic (exact) mass is 284 g/mol. The Kier molecular flexibility index (Phi) is 4.01. The average Bonchev–Trinajstić information content (AvgIpc) is 2.72. The van der Waals surface area contributed by atoms with Gasteiger partial charge in [0.15, 0.2) is 6.73 Å². The van der Waals surface area contributed by atoms with Crippen molar-refractivity contribution >= 4 is 34.9 Å². The van der Waals surface area contributed by atoms with Crippen molar-refractivity contribution in [2.75, 3.05) is 5.32 Å². The van der Waals surface area contributed by atoms with Gasteiger partial charge in [0, 0.05) is 22.2 Å². The van der Waals surface area contributed by atoms with E-state index in [9.17, 15) is 9.59 Å². The number of carbonyl (C=O) groups excluding carboxylic acids is 1. The van der Waals surface area contributed by atoms with Crippen molar-refractivity contribution in [2.45, 2.75) is 6.73 Å². The lowest BCUT2D eigenvalue weighted by molar-refractivity contribution is 0.131. The third-order valence-electron chi connectivity index (χ3n) is 2.03. The Labute approximate surface area is 112 Å². The molecule has 1 aromatic heterocycles. The summed E-state index contributed by atoms with van der Waals surface area (Å²) < 4.78 is 6.21. The highest BCUT2D eigenvalue weighted by Crippen LogP contribution is 2.14. The molecule has 1 amide bonds. The largest absolute Gasteiger partial charge is 0.427 e. The number of hydrogen-bond donors (Lipinski definition) is 1. The van der Waals surface area contributed by atoms with E-state index in [0.717, 1.165) is 0 Å². The van der Waals surface area contributed by atoms with Gasteiger partial charge in [-0.3, -0.25) is 10.1 Å². The molecule has 5 nitrogen and oxygen atoms in total. The fourth-order valence-corrected chi connectivity index (χ4v) is 2.02. The highest BCUT2D eigenvalue weighted by molar-refractivity contribution is 7.04. The molecular formula is C11H9ClN2O3S. The van der Waals surface area contributed by atoms with Gasteiger partial charge in [-0.15, -0.1) is 0 Å². The number of ether oxygens (including phenoxy) is 1. The van der Waals surface area contributed by atoms with Crippen LogP contribution in [0, 0.1) is 0 Å². The van der Waals surface area contributed by atoms with E-state index in [-0.39, 0.29) is 12.3 Å². The van der Waals surface area contributed by atoms with Gasteiger partial charge in [-0.1, -0.05) is 29.2 Å². The molecule has 18 heavy (non-hydrogen) atoms. The molecule has 1 heterocycles. The smallest absolute Gasteiger partial charge is 0.413 e. The molecule has 0 saturated carbocycles. The van der Waals surface area contributed by atoms with Crippen molar-refractivity contribution in [2.24, 2.45) is 0 Å². The van der Waals surface area contributed by atoms with Crippen LogP contribution in [0.15, 0.2) is 40.5 Å². The normalized spacial score (nSPS) is 10.1. The number of aromatic nitrogens is 1. The van der Waals surface area contributed by atoms with Crippen LogP contribution in [-0.4, -0.2) is 10.0 Å². The van der Waals surface area contributed by atoms with Crippen molar-refractivity contribution in [3.63, 3.8) is 0 Å². The molecule has 0 aliphatic carbocycles. The third-order valence-corrected chi connectivity index (χ3v) is 3.06. The second kappa shape index (κ2) is 5.70. The minimum absolute atomic E-state index is 0.108. The van der Waals surface area contributed by atoms with E-state index in [1.54, 1.807) is 29.6 Å². The van der Waals surface area contributed by atoms with Gasteiger partial charge < -0.3 is 4.74 Å². The minimum atomic E-state index is -0.641. The number of nitrogens with zero attached hydrogens (tertiary/aromatic N) is 1. The molecule has 2 aromatic rings. The van der Waals surface area contributed by atoms with Crippen LogP contribution in [0.1, 0.15) is 0 Å². The van der Waals surface area contributed by atoms with Crippen LogP contribution in [0.4, 0.5) is 10.5 Å². The summed E-state index contributed by atoms with van der Waals surface area (Å²) in [6.45, 7) is -0.108. The van der Waals surface area contributed by atoms with E-state index in [0.29, 0.717) is 10.7 Å². The fraction of sp³-hybridized carbons (Fsp3) is 0.0909. The maximum absolute atomic E-state index is 11.4. The van der Waals surface area contributed by atoms with E-state index in [2.05, 4.69) is 5.32 Å². The third kappa shape index (κ3) is 3.35. The zero-order valence-corrected chi connectivity index (χ0v) is 10.7. The van der Waals surface area contributed by atoms with Gasteiger partial charge in [0.25, 0.3) is 5.56 Å².